The summed E-state index contributed by atoms with van der Waals surface area (Å²) in [6.07, 6.45) is 24.4. The summed E-state index contributed by atoms with van der Waals surface area (Å²) in [7, 11) is 0. The van der Waals surface area contributed by atoms with Gasteiger partial charge in [-0.1, -0.05) is 91.1 Å². The van der Waals surface area contributed by atoms with Crippen molar-refractivity contribution >= 4 is 0 Å². The van der Waals surface area contributed by atoms with E-state index in [4.69, 9.17) is 0 Å². The molecule has 0 amide bonds. The molecule has 0 fully saturated rings. The summed E-state index contributed by atoms with van der Waals surface area (Å²) in [6.45, 7) is 0.365. The van der Waals surface area contributed by atoms with Crippen molar-refractivity contribution < 1.29 is 0 Å². The quantitative estimate of drug-likeness (QED) is 0.594. The molecule has 0 spiro atoms. The van der Waals surface area contributed by atoms with Gasteiger partial charge in [-0.15, -0.1) is 0 Å². The summed E-state index contributed by atoms with van der Waals surface area (Å²) in [5, 5.41) is 0. The van der Waals surface area contributed by atoms with Crippen molar-refractivity contribution in [1.29, 1.82) is 0 Å². The van der Waals surface area contributed by atoms with Crippen LogP contribution in [-0.2, 0) is 19.6 Å². The highest BCUT2D eigenvalue weighted by molar-refractivity contribution is 5.25. The molecule has 0 aliphatic heterocycles. The molecule has 1 heterocycles. The molecule has 1 aromatic heterocycles. The third-order valence-electron chi connectivity index (χ3n) is 6.09. The van der Waals surface area contributed by atoms with E-state index in [1.54, 1.807) is 0 Å². The molecule has 2 aromatic rings. The second kappa shape index (κ2) is 12.0. The number of aromatic nitrogens is 3. The fourth-order valence-electron chi connectivity index (χ4n) is 4.18. The molecule has 0 atom stereocenters. The van der Waals surface area contributed by atoms with Crippen molar-refractivity contribution in [2.75, 3.05) is 0 Å². The molecule has 0 unspecified atom stereocenters. The number of hydrogen-bond acceptors (Lipinski definition) is 3. The van der Waals surface area contributed by atoms with Crippen LogP contribution in [0.5, 0.6) is 0 Å². The molecule has 35 heavy (non-hydrogen) atoms. The van der Waals surface area contributed by atoms with E-state index >= 15 is 0 Å². The van der Waals surface area contributed by atoms with E-state index < -0.39 is 17.1 Å². The summed E-state index contributed by atoms with van der Waals surface area (Å²) >= 11 is 0. The van der Waals surface area contributed by atoms with Gasteiger partial charge in [0, 0.05) is 0 Å². The Kier molecular flexibility index (Phi) is 8.28. The summed E-state index contributed by atoms with van der Waals surface area (Å²) in [5.41, 5.74) is 0.883. The average molecular weight is 470 g/mol. The lowest BCUT2D eigenvalue weighted by atomic mass is 10.1. The van der Waals surface area contributed by atoms with Gasteiger partial charge in [0.25, 0.3) is 0 Å². The number of allylic oxidation sites excluding steroid dienone is 12. The number of benzene rings is 1. The lowest BCUT2D eigenvalue weighted by molar-refractivity contribution is 0.486. The SMILES string of the molecule is O=c1n(CC2=C/C=C\CC/C=C\2)c(=O)n(Cc2ccccc2)c(=O)n1C/C1=C/C=C\C/C=C\CC1. The molecule has 0 radical (unpaired) electrons. The number of rotatable bonds is 6. The van der Waals surface area contributed by atoms with Crippen molar-refractivity contribution in [1.82, 2.24) is 13.7 Å². The van der Waals surface area contributed by atoms with E-state index in [-0.39, 0.29) is 19.6 Å². The van der Waals surface area contributed by atoms with Gasteiger partial charge < -0.3 is 0 Å². The van der Waals surface area contributed by atoms with Crippen LogP contribution in [0, 0.1) is 0 Å². The molecule has 0 saturated carbocycles. The van der Waals surface area contributed by atoms with Gasteiger partial charge in [0.2, 0.25) is 0 Å². The Morgan fingerprint density at radius 1 is 0.629 bits per heavy atom. The molecule has 0 bridgehead atoms. The van der Waals surface area contributed by atoms with E-state index in [1.165, 1.54) is 13.7 Å². The Morgan fingerprint density at radius 2 is 1.31 bits per heavy atom. The van der Waals surface area contributed by atoms with E-state index in [0.29, 0.717) is 0 Å². The van der Waals surface area contributed by atoms with Crippen LogP contribution in [0.3, 0.4) is 0 Å². The lowest BCUT2D eigenvalue weighted by Gasteiger charge is -2.16. The highest BCUT2D eigenvalue weighted by atomic mass is 16.2. The molecule has 2 aliphatic carbocycles. The average Bonchev–Trinajstić information content (AvgIpc) is 2.98. The highest BCUT2D eigenvalue weighted by Crippen LogP contribution is 2.11. The lowest BCUT2D eigenvalue weighted by Crippen LogP contribution is -2.55. The number of nitrogens with zero attached hydrogens (tertiary/aromatic N) is 3. The highest BCUT2D eigenvalue weighted by Gasteiger charge is 2.17. The van der Waals surface area contributed by atoms with Crippen molar-refractivity contribution in [3.63, 3.8) is 0 Å². The minimum Gasteiger partial charge on any atom is -0.247 e. The van der Waals surface area contributed by atoms with Gasteiger partial charge in [-0.2, -0.15) is 0 Å². The van der Waals surface area contributed by atoms with Gasteiger partial charge in [0.05, 0.1) is 19.6 Å². The summed E-state index contributed by atoms with van der Waals surface area (Å²) < 4.78 is 3.56. The van der Waals surface area contributed by atoms with Crippen LogP contribution in [0.2, 0.25) is 0 Å². The largest absolute Gasteiger partial charge is 0.336 e. The Labute approximate surface area is 204 Å². The zero-order valence-corrected chi connectivity index (χ0v) is 19.9. The van der Waals surface area contributed by atoms with Gasteiger partial charge in [0.1, 0.15) is 0 Å². The molecule has 0 saturated heterocycles. The number of hydrogen-bond donors (Lipinski definition) is 0. The molecule has 180 valence electrons. The van der Waals surface area contributed by atoms with Gasteiger partial charge in [0.15, 0.2) is 0 Å². The van der Waals surface area contributed by atoms with Crippen LogP contribution in [0.25, 0.3) is 0 Å². The third kappa shape index (κ3) is 6.35. The van der Waals surface area contributed by atoms with E-state index in [9.17, 15) is 14.4 Å². The maximum atomic E-state index is 13.5. The zero-order valence-electron chi connectivity index (χ0n) is 19.9. The molecule has 6 nitrogen and oxygen atoms in total. The van der Waals surface area contributed by atoms with Crippen molar-refractivity contribution in [3.8, 4) is 0 Å². The summed E-state index contributed by atoms with van der Waals surface area (Å²) in [4.78, 5) is 40.4. The van der Waals surface area contributed by atoms with E-state index in [0.717, 1.165) is 48.8 Å². The maximum Gasteiger partial charge on any atom is 0.336 e. The minimum absolute atomic E-state index is 0.106. The minimum atomic E-state index is -0.591. The molecule has 2 aliphatic rings. The smallest absolute Gasteiger partial charge is 0.247 e. The molecular weight excluding hydrogens is 438 g/mol. The monoisotopic (exact) mass is 469 g/mol. The normalized spacial score (nSPS) is 22.6. The van der Waals surface area contributed by atoms with E-state index in [1.807, 2.05) is 72.9 Å². The summed E-state index contributed by atoms with van der Waals surface area (Å²) in [5.74, 6) is 0. The van der Waals surface area contributed by atoms with Crippen LogP contribution in [-0.4, -0.2) is 13.7 Å². The molecule has 6 heteroatoms. The van der Waals surface area contributed by atoms with Gasteiger partial charge in [-0.05, 0) is 48.8 Å². The van der Waals surface area contributed by atoms with Crippen molar-refractivity contribution in [2.24, 2.45) is 0 Å². The topological polar surface area (TPSA) is 66.0 Å². The predicted octanol–water partition coefficient (Wildman–Crippen LogP) is 4.28. The second-order valence-electron chi connectivity index (χ2n) is 8.74. The van der Waals surface area contributed by atoms with Gasteiger partial charge in [-0.3, -0.25) is 0 Å². The predicted molar refractivity (Wildman–Crippen MR) is 141 cm³/mol. The zero-order chi connectivity index (χ0) is 24.5. The fourth-order valence-corrected chi connectivity index (χ4v) is 4.18. The summed E-state index contributed by atoms with van der Waals surface area (Å²) in [6, 6.07) is 9.36. The Balaban J connectivity index is 1.81. The third-order valence-corrected chi connectivity index (χ3v) is 6.09. The second-order valence-corrected chi connectivity index (χ2v) is 8.74. The molecule has 4 rings (SSSR count). The first-order valence-electron chi connectivity index (χ1n) is 12.1. The van der Waals surface area contributed by atoms with E-state index in [2.05, 4.69) is 18.2 Å². The van der Waals surface area contributed by atoms with Crippen molar-refractivity contribution in [2.45, 2.75) is 51.7 Å². The van der Waals surface area contributed by atoms with Crippen molar-refractivity contribution in [3.05, 3.63) is 139 Å². The first-order chi connectivity index (χ1) is 17.1. The Bertz CT molecular complexity index is 1390. The van der Waals surface area contributed by atoms with Gasteiger partial charge in [-0.25, -0.2) is 28.1 Å². The first kappa shape index (κ1) is 24.2. The standard InChI is InChI=1S/C29H31N3O3/c33-27-30(21-24-15-9-4-1-2-5-10-16-24)28(34)32(23-26-19-13-8-14-20-26)29(35)31(27)22-25-17-11-6-3-7-12-18-25/h1,4-6,8,10-14,16-20H,2-3,7,9,15,21-23H2/b4-1-,10-5-,11-6-,18-12-,24-16+,25-17+. The molecule has 0 N–H and O–H groups in total. The van der Waals surface area contributed by atoms with Gasteiger partial charge >= 0.3 is 17.1 Å². The van der Waals surface area contributed by atoms with Crippen LogP contribution in [0.15, 0.2) is 117 Å². The van der Waals surface area contributed by atoms with Crippen LogP contribution in [0.1, 0.15) is 37.7 Å². The first-order valence-corrected chi connectivity index (χ1v) is 12.1. The molecule has 1 aromatic carbocycles. The fraction of sp³-hybridized carbons (Fsp3) is 0.276. The van der Waals surface area contributed by atoms with Crippen LogP contribution < -0.4 is 17.1 Å². The Hall–Kier alpha value is -3.93. The Morgan fingerprint density at radius 3 is 2.11 bits per heavy atom. The van der Waals surface area contributed by atoms with Crippen LogP contribution >= 0.6 is 0 Å². The molecular formula is C29H31N3O3. The van der Waals surface area contributed by atoms with Crippen LogP contribution in [0.4, 0.5) is 0 Å². The maximum absolute atomic E-state index is 13.5.